The quantitative estimate of drug-likeness (QED) is 0.377. The molecule has 0 spiro atoms. The van der Waals surface area contributed by atoms with E-state index in [1.807, 2.05) is 84.5 Å². The van der Waals surface area contributed by atoms with Crippen molar-refractivity contribution < 1.29 is 4.57 Å². The van der Waals surface area contributed by atoms with Crippen LogP contribution in [0.4, 0.5) is 5.69 Å². The zero-order chi connectivity index (χ0) is 18.5. The van der Waals surface area contributed by atoms with Gasteiger partial charge in [0.1, 0.15) is 5.52 Å². The number of aromatic nitrogens is 4. The van der Waals surface area contributed by atoms with Crippen LogP contribution in [0.25, 0.3) is 38.8 Å². The van der Waals surface area contributed by atoms with E-state index in [4.69, 9.17) is 4.98 Å². The molecule has 0 saturated carbocycles. The third-order valence-corrected chi connectivity index (χ3v) is 4.88. The van der Waals surface area contributed by atoms with E-state index in [9.17, 15) is 4.79 Å². The number of para-hydroxylation sites is 1. The number of hydrogen-bond acceptors (Lipinski definition) is 3. The average molecular weight is 356 g/mol. The zero-order valence-corrected chi connectivity index (χ0v) is 15.0. The molecule has 0 radical (unpaired) electrons. The van der Waals surface area contributed by atoms with Crippen molar-refractivity contribution in [3.8, 4) is 5.95 Å². The van der Waals surface area contributed by atoms with Crippen LogP contribution < -0.4 is 14.9 Å². The maximum atomic E-state index is 13.1. The summed E-state index contributed by atoms with van der Waals surface area (Å²) in [6, 6.07) is 15.5. The van der Waals surface area contributed by atoms with E-state index in [0.717, 1.165) is 22.2 Å². The zero-order valence-electron chi connectivity index (χ0n) is 15.0. The van der Waals surface area contributed by atoms with E-state index in [1.54, 1.807) is 0 Å². The molecular weight excluding hydrogens is 338 g/mol. The van der Waals surface area contributed by atoms with Gasteiger partial charge >= 0.3 is 5.95 Å². The van der Waals surface area contributed by atoms with Crippen LogP contribution in [-0.4, -0.2) is 29.0 Å². The second-order valence-corrected chi connectivity index (χ2v) is 6.80. The van der Waals surface area contributed by atoms with Crippen LogP contribution in [-0.2, 0) is 0 Å². The number of hydrogen-bond donors (Lipinski definition) is 2. The summed E-state index contributed by atoms with van der Waals surface area (Å²) in [7, 11) is 4.01. The summed E-state index contributed by atoms with van der Waals surface area (Å²) < 4.78 is 1.91. The van der Waals surface area contributed by atoms with Gasteiger partial charge in [0.25, 0.3) is 0 Å². The van der Waals surface area contributed by atoms with Crippen molar-refractivity contribution in [3.05, 3.63) is 71.1 Å². The molecule has 3 heterocycles. The number of nitrogens with one attached hydrogen (secondary N) is 2. The molecule has 0 fully saturated rings. The minimum atomic E-state index is -0.00374. The number of rotatable bonds is 2. The first-order chi connectivity index (χ1) is 13.1. The van der Waals surface area contributed by atoms with Gasteiger partial charge in [0.05, 0.1) is 23.3 Å². The highest BCUT2D eigenvalue weighted by Gasteiger charge is 2.19. The van der Waals surface area contributed by atoms with Gasteiger partial charge in [0.2, 0.25) is 5.43 Å². The summed E-state index contributed by atoms with van der Waals surface area (Å²) >= 11 is 0. The molecule has 2 aromatic carbocycles. The van der Waals surface area contributed by atoms with E-state index >= 15 is 0 Å². The Morgan fingerprint density at radius 2 is 1.63 bits per heavy atom. The summed E-state index contributed by atoms with van der Waals surface area (Å²) in [5.41, 5.74) is 4.24. The third kappa shape index (κ3) is 2.38. The van der Waals surface area contributed by atoms with E-state index in [0.29, 0.717) is 22.2 Å². The topological polar surface area (TPSA) is 68.7 Å². The third-order valence-electron chi connectivity index (χ3n) is 4.88. The Morgan fingerprint density at radius 3 is 2.41 bits per heavy atom. The van der Waals surface area contributed by atoms with Crippen LogP contribution in [0, 0.1) is 0 Å². The molecule has 5 rings (SSSR count). The van der Waals surface area contributed by atoms with Gasteiger partial charge in [-0.25, -0.2) is 9.55 Å². The molecule has 27 heavy (non-hydrogen) atoms. The first-order valence-corrected chi connectivity index (χ1v) is 8.74. The molecule has 0 aliphatic heterocycles. The van der Waals surface area contributed by atoms with Crippen LogP contribution in [0.5, 0.6) is 0 Å². The summed E-state index contributed by atoms with van der Waals surface area (Å²) in [6.45, 7) is 0. The lowest BCUT2D eigenvalue weighted by Gasteiger charge is -2.11. The van der Waals surface area contributed by atoms with Crippen molar-refractivity contribution in [2.75, 3.05) is 19.0 Å². The van der Waals surface area contributed by atoms with Gasteiger partial charge in [-0.15, -0.1) is 0 Å². The predicted molar refractivity (Wildman–Crippen MR) is 108 cm³/mol. The lowest BCUT2D eigenvalue weighted by Crippen LogP contribution is -2.31. The van der Waals surface area contributed by atoms with Crippen LogP contribution in [0.3, 0.4) is 0 Å². The molecule has 0 unspecified atom stereocenters. The molecule has 3 aromatic heterocycles. The molecule has 0 saturated heterocycles. The van der Waals surface area contributed by atoms with E-state index < -0.39 is 0 Å². The smallest absolute Gasteiger partial charge is 0.377 e. The summed E-state index contributed by atoms with van der Waals surface area (Å²) in [5.74, 6) is 0.676. The van der Waals surface area contributed by atoms with Crippen molar-refractivity contribution >= 4 is 38.5 Å². The second kappa shape index (κ2) is 5.67. The van der Waals surface area contributed by atoms with Crippen molar-refractivity contribution in [3.63, 3.8) is 0 Å². The molecule has 6 heteroatoms. The second-order valence-electron chi connectivity index (χ2n) is 6.80. The predicted octanol–water partition coefficient (Wildman–Crippen LogP) is 2.90. The number of fused-ring (bicyclic) bond motifs is 4. The maximum Gasteiger partial charge on any atom is 0.401 e. The molecule has 5 aromatic rings. The lowest BCUT2D eigenvalue weighted by molar-refractivity contribution is -0.602. The molecule has 6 nitrogen and oxygen atoms in total. The Kier molecular flexibility index (Phi) is 3.27. The number of H-pyrrole nitrogens is 2. The highest BCUT2D eigenvalue weighted by molar-refractivity contribution is 6.06. The van der Waals surface area contributed by atoms with Crippen molar-refractivity contribution in [2.45, 2.75) is 0 Å². The fourth-order valence-electron chi connectivity index (χ4n) is 3.45. The minimum absolute atomic E-state index is 0.00374. The number of imidazole rings is 1. The molecule has 0 atom stereocenters. The summed E-state index contributed by atoms with van der Waals surface area (Å²) in [6.07, 6.45) is 3.91. The molecule has 0 aliphatic rings. The molecular formula is C21H18N5O+. The van der Waals surface area contributed by atoms with Gasteiger partial charge in [-0.1, -0.05) is 17.1 Å². The van der Waals surface area contributed by atoms with Gasteiger partial charge in [-0.05, 0) is 36.4 Å². The van der Waals surface area contributed by atoms with E-state index in [1.165, 1.54) is 0 Å². The standard InChI is InChI=1S/C21H17N5O/c1-25(2)13-9-11-26(12-10-13)21-23-17-8-7-16-18(19(17)24-21)20(27)14-5-3-4-6-15(14)22-16/h3-12H,1-2H3,(H-,22,23,24,27)/p+1. The Hall–Kier alpha value is -3.67. The van der Waals surface area contributed by atoms with Gasteiger partial charge < -0.3 is 9.88 Å². The van der Waals surface area contributed by atoms with Crippen molar-refractivity contribution in [1.82, 2.24) is 15.0 Å². The monoisotopic (exact) mass is 356 g/mol. The lowest BCUT2D eigenvalue weighted by atomic mass is 10.1. The largest absolute Gasteiger partial charge is 0.401 e. The number of anilines is 1. The van der Waals surface area contributed by atoms with Gasteiger partial charge in [-0.3, -0.25) is 4.79 Å². The highest BCUT2D eigenvalue weighted by atomic mass is 16.1. The Morgan fingerprint density at radius 1 is 0.889 bits per heavy atom. The van der Waals surface area contributed by atoms with Gasteiger partial charge in [-0.2, -0.15) is 0 Å². The highest BCUT2D eigenvalue weighted by Crippen LogP contribution is 2.22. The van der Waals surface area contributed by atoms with Gasteiger partial charge in [0, 0.05) is 30.7 Å². The fourth-order valence-corrected chi connectivity index (χ4v) is 3.45. The molecule has 0 bridgehead atoms. The molecule has 0 aliphatic carbocycles. The normalized spacial score (nSPS) is 11.5. The van der Waals surface area contributed by atoms with E-state index in [2.05, 4.69) is 9.97 Å². The summed E-state index contributed by atoms with van der Waals surface area (Å²) in [5, 5.41) is 1.28. The number of nitrogens with zero attached hydrogens (tertiary/aromatic N) is 3. The average Bonchev–Trinajstić information content (AvgIpc) is 3.12. The van der Waals surface area contributed by atoms with Crippen LogP contribution >= 0.6 is 0 Å². The van der Waals surface area contributed by atoms with Crippen LogP contribution in [0.2, 0.25) is 0 Å². The molecule has 2 N–H and O–H groups in total. The van der Waals surface area contributed by atoms with Crippen LogP contribution in [0.15, 0.2) is 65.7 Å². The Labute approximate surface area is 154 Å². The van der Waals surface area contributed by atoms with Crippen molar-refractivity contribution in [2.24, 2.45) is 0 Å². The maximum absolute atomic E-state index is 13.1. The fraction of sp³-hybridized carbons (Fsp3) is 0.0952. The van der Waals surface area contributed by atoms with Crippen LogP contribution in [0.1, 0.15) is 0 Å². The SMILES string of the molecule is CN(C)c1cc[n+](-c2nc3c(ccc4[nH]c5ccccc5c(=O)c43)[nH]2)cc1. The number of pyridine rings is 2. The molecule has 132 valence electrons. The Balaban J connectivity index is 1.77. The number of aromatic amines is 2. The minimum Gasteiger partial charge on any atom is -0.377 e. The first kappa shape index (κ1) is 15.6. The Bertz CT molecular complexity index is 1360. The number of benzene rings is 2. The summed E-state index contributed by atoms with van der Waals surface area (Å²) in [4.78, 5) is 26.5. The van der Waals surface area contributed by atoms with Gasteiger partial charge in [0.15, 0.2) is 5.52 Å². The first-order valence-electron chi connectivity index (χ1n) is 8.74. The van der Waals surface area contributed by atoms with E-state index in [-0.39, 0.29) is 5.43 Å². The molecule has 0 amide bonds. The van der Waals surface area contributed by atoms with Crippen molar-refractivity contribution in [1.29, 1.82) is 0 Å².